The van der Waals surface area contributed by atoms with Gasteiger partial charge in [-0.15, -0.1) is 0 Å². The van der Waals surface area contributed by atoms with Gasteiger partial charge in [0, 0.05) is 0 Å². The van der Waals surface area contributed by atoms with Crippen molar-refractivity contribution in [2.75, 3.05) is 12.9 Å². The summed E-state index contributed by atoms with van der Waals surface area (Å²) in [6.07, 6.45) is 19.6. The van der Waals surface area contributed by atoms with Crippen LogP contribution in [0.2, 0.25) is 0 Å². The smallest absolute Gasteiger partial charge is 0.264 e. The summed E-state index contributed by atoms with van der Waals surface area (Å²) in [6, 6.07) is 0. The highest BCUT2D eigenvalue weighted by atomic mass is 32.2. The molecule has 0 radical (unpaired) electrons. The highest BCUT2D eigenvalue weighted by Crippen LogP contribution is 2.26. The van der Waals surface area contributed by atoms with Crippen LogP contribution in [-0.2, 0) is 23.8 Å². The Morgan fingerprint density at radius 3 is 2.04 bits per heavy atom. The minimum atomic E-state index is -3.55. The zero-order chi connectivity index (χ0) is 20.9. The Bertz CT molecular complexity index is 527. The number of hydrogen-bond donors (Lipinski definition) is 0. The largest absolute Gasteiger partial charge is 0.348 e. The number of ether oxygens (including phenoxy) is 2. The molecule has 0 aliphatic carbocycles. The lowest BCUT2D eigenvalue weighted by Gasteiger charge is -2.39. The van der Waals surface area contributed by atoms with E-state index in [0.717, 1.165) is 19.1 Å². The zero-order valence-corrected chi connectivity index (χ0v) is 19.3. The molecule has 1 rings (SSSR count). The van der Waals surface area contributed by atoms with E-state index >= 15 is 0 Å². The molecule has 6 heteroatoms. The molecule has 0 aromatic rings. The van der Waals surface area contributed by atoms with Gasteiger partial charge in [0.25, 0.3) is 10.1 Å². The van der Waals surface area contributed by atoms with Gasteiger partial charge in [0.15, 0.2) is 5.79 Å². The summed E-state index contributed by atoms with van der Waals surface area (Å²) in [5, 5.41) is 0. The summed E-state index contributed by atoms with van der Waals surface area (Å²) in [6.45, 7) is 6.12. The molecule has 0 bridgehead atoms. The van der Waals surface area contributed by atoms with Crippen LogP contribution < -0.4 is 0 Å². The van der Waals surface area contributed by atoms with Crippen LogP contribution in [0.5, 0.6) is 0 Å². The van der Waals surface area contributed by atoms with Crippen LogP contribution in [0.1, 0.15) is 97.8 Å². The maximum Gasteiger partial charge on any atom is 0.264 e. The number of unbranched alkanes of at least 4 members (excludes halogenated alkanes) is 11. The topological polar surface area (TPSA) is 61.8 Å². The van der Waals surface area contributed by atoms with E-state index in [1.807, 2.05) is 19.9 Å². The van der Waals surface area contributed by atoms with Gasteiger partial charge in [-0.1, -0.05) is 83.3 Å². The summed E-state index contributed by atoms with van der Waals surface area (Å²) in [7, 11) is -3.55. The molecule has 2 atom stereocenters. The second kappa shape index (κ2) is 13.7. The van der Waals surface area contributed by atoms with E-state index in [0.29, 0.717) is 0 Å². The second-order valence-electron chi connectivity index (χ2n) is 8.38. The molecule has 28 heavy (non-hydrogen) atoms. The molecule has 1 saturated heterocycles. The Hall–Kier alpha value is -0.430. The third kappa shape index (κ3) is 12.9. The molecule has 0 spiro atoms. The van der Waals surface area contributed by atoms with E-state index in [1.54, 1.807) is 0 Å². The van der Waals surface area contributed by atoms with Crippen LogP contribution in [0.15, 0.2) is 12.2 Å². The highest BCUT2D eigenvalue weighted by Gasteiger charge is 2.37. The van der Waals surface area contributed by atoms with Gasteiger partial charge >= 0.3 is 0 Å². The zero-order valence-electron chi connectivity index (χ0n) is 18.5. The molecular formula is C22H42O5S. The van der Waals surface area contributed by atoms with Gasteiger partial charge in [-0.2, -0.15) is 8.42 Å². The first-order valence-corrected chi connectivity index (χ1v) is 12.9. The van der Waals surface area contributed by atoms with Gasteiger partial charge in [0.2, 0.25) is 0 Å². The van der Waals surface area contributed by atoms with Crippen molar-refractivity contribution >= 4 is 10.1 Å². The molecule has 0 unspecified atom stereocenters. The molecule has 1 aliphatic rings. The molecule has 0 aromatic heterocycles. The fourth-order valence-corrected chi connectivity index (χ4v) is 4.06. The summed E-state index contributed by atoms with van der Waals surface area (Å²) in [5.74, 6) is -0.733. The first kappa shape index (κ1) is 25.6. The maximum atomic E-state index is 11.4. The summed E-state index contributed by atoms with van der Waals surface area (Å²) in [4.78, 5) is 0. The van der Waals surface area contributed by atoms with Crippen molar-refractivity contribution in [1.29, 1.82) is 0 Å². The van der Waals surface area contributed by atoms with Gasteiger partial charge < -0.3 is 9.47 Å². The van der Waals surface area contributed by atoms with Gasteiger partial charge in [-0.05, 0) is 26.7 Å². The third-order valence-electron chi connectivity index (χ3n) is 4.98. The standard InChI is InChI=1S/C22H42O5S/c1-5-6-7-8-9-10-11-12-13-14-15-16-17-18-20-21(27-28(4,23)24)19-25-22(2,3)26-20/h17-18,20-21H,5-16,19H2,1-4H3/b18-17+/t20-,21-/m1/s1. The molecule has 0 amide bonds. The molecule has 1 heterocycles. The second-order valence-corrected chi connectivity index (χ2v) is 9.99. The van der Waals surface area contributed by atoms with Crippen LogP contribution in [0.4, 0.5) is 0 Å². The summed E-state index contributed by atoms with van der Waals surface area (Å²) in [5.41, 5.74) is 0. The lowest BCUT2D eigenvalue weighted by Crippen LogP contribution is -2.49. The predicted octanol–water partition coefficient (Wildman–Crippen LogP) is 5.74. The molecule has 166 valence electrons. The number of rotatable bonds is 15. The minimum Gasteiger partial charge on any atom is -0.348 e. The molecule has 0 saturated carbocycles. The van der Waals surface area contributed by atoms with Crippen LogP contribution in [-0.4, -0.2) is 39.3 Å². The molecule has 0 N–H and O–H groups in total. The lowest BCUT2D eigenvalue weighted by atomic mass is 10.0. The summed E-state index contributed by atoms with van der Waals surface area (Å²) < 4.78 is 39.4. The first-order chi connectivity index (χ1) is 13.2. The van der Waals surface area contributed by atoms with E-state index < -0.39 is 28.1 Å². The van der Waals surface area contributed by atoms with Gasteiger partial charge in [0.05, 0.1) is 12.9 Å². The van der Waals surface area contributed by atoms with Crippen LogP contribution in [0.3, 0.4) is 0 Å². The molecule has 5 nitrogen and oxygen atoms in total. The van der Waals surface area contributed by atoms with Crippen LogP contribution in [0, 0.1) is 0 Å². The minimum absolute atomic E-state index is 0.202. The summed E-state index contributed by atoms with van der Waals surface area (Å²) >= 11 is 0. The Labute approximate surface area is 173 Å². The molecule has 0 aromatic carbocycles. The molecule has 1 fully saturated rings. The van der Waals surface area contributed by atoms with E-state index in [9.17, 15) is 8.42 Å². The normalized spacial score (nSPS) is 22.7. The molecular weight excluding hydrogens is 376 g/mol. The third-order valence-corrected chi connectivity index (χ3v) is 5.58. The number of allylic oxidation sites excluding steroid dienone is 1. The van der Waals surface area contributed by atoms with E-state index in [1.165, 1.54) is 64.2 Å². The Kier molecular flexibility index (Phi) is 12.6. The lowest BCUT2D eigenvalue weighted by molar-refractivity contribution is -0.288. The average Bonchev–Trinajstić information content (AvgIpc) is 2.60. The Balaban J connectivity index is 2.16. The first-order valence-electron chi connectivity index (χ1n) is 11.1. The van der Waals surface area contributed by atoms with E-state index in [2.05, 4.69) is 13.0 Å². The van der Waals surface area contributed by atoms with Crippen molar-refractivity contribution in [3.63, 3.8) is 0 Å². The van der Waals surface area contributed by atoms with Gasteiger partial charge in [-0.25, -0.2) is 0 Å². The fraction of sp³-hybridized carbons (Fsp3) is 0.909. The van der Waals surface area contributed by atoms with E-state index in [-0.39, 0.29) is 6.61 Å². The number of hydrogen-bond acceptors (Lipinski definition) is 5. The van der Waals surface area contributed by atoms with Crippen molar-refractivity contribution < 1.29 is 22.1 Å². The van der Waals surface area contributed by atoms with Crippen LogP contribution >= 0.6 is 0 Å². The van der Waals surface area contributed by atoms with Crippen molar-refractivity contribution in [3.8, 4) is 0 Å². The Morgan fingerprint density at radius 2 is 1.50 bits per heavy atom. The van der Waals surface area contributed by atoms with Gasteiger partial charge in [-0.3, -0.25) is 4.18 Å². The van der Waals surface area contributed by atoms with Crippen LogP contribution in [0.25, 0.3) is 0 Å². The fourth-order valence-electron chi connectivity index (χ4n) is 3.44. The average molecular weight is 419 g/mol. The quantitative estimate of drug-likeness (QED) is 0.193. The predicted molar refractivity (Wildman–Crippen MR) is 115 cm³/mol. The SMILES string of the molecule is CCCCCCCCCCCCC/C=C/[C@H]1OC(C)(C)OC[C@H]1OS(C)(=O)=O. The van der Waals surface area contributed by atoms with E-state index in [4.69, 9.17) is 13.7 Å². The van der Waals surface area contributed by atoms with Gasteiger partial charge in [0.1, 0.15) is 12.2 Å². The van der Waals surface area contributed by atoms with Crippen molar-refractivity contribution in [2.24, 2.45) is 0 Å². The van der Waals surface area contributed by atoms with Crippen molar-refractivity contribution in [3.05, 3.63) is 12.2 Å². The maximum absolute atomic E-state index is 11.4. The highest BCUT2D eigenvalue weighted by molar-refractivity contribution is 7.86. The molecule has 1 aliphatic heterocycles. The Morgan fingerprint density at radius 1 is 0.964 bits per heavy atom. The van der Waals surface area contributed by atoms with Crippen molar-refractivity contribution in [2.45, 2.75) is 116 Å². The van der Waals surface area contributed by atoms with Crippen molar-refractivity contribution in [1.82, 2.24) is 0 Å². The monoisotopic (exact) mass is 418 g/mol.